The van der Waals surface area contributed by atoms with Crippen molar-refractivity contribution in [2.45, 2.75) is 20.0 Å². The predicted molar refractivity (Wildman–Crippen MR) is 118 cm³/mol. The third-order valence-corrected chi connectivity index (χ3v) is 6.11. The number of amides is 1. The molecule has 0 radical (unpaired) electrons. The fraction of sp³-hybridized carbons (Fsp3) is 0.200. The number of methoxy groups -OCH3 is 1. The Hall–Kier alpha value is -3.05. The SMILES string of the molecule is COc1ccc(-n2c(C)cc(/C=C3/C(=N)N4N=C(C(F)(F)F)SC4=NC3=O)c2C)cc1Cl. The van der Waals surface area contributed by atoms with E-state index in [9.17, 15) is 18.0 Å². The van der Waals surface area contributed by atoms with Crippen LogP contribution in [0.5, 0.6) is 5.75 Å². The van der Waals surface area contributed by atoms with Gasteiger partial charge in [-0.15, -0.1) is 0 Å². The number of rotatable bonds is 3. The van der Waals surface area contributed by atoms with E-state index >= 15 is 0 Å². The number of ether oxygens (including phenoxy) is 1. The number of aliphatic imine (C=N–C) groups is 1. The highest BCUT2D eigenvalue weighted by molar-refractivity contribution is 8.27. The van der Waals surface area contributed by atoms with Crippen LogP contribution in [-0.2, 0) is 4.79 Å². The average molecular weight is 482 g/mol. The molecule has 0 saturated carbocycles. The van der Waals surface area contributed by atoms with E-state index in [2.05, 4.69) is 10.1 Å². The van der Waals surface area contributed by atoms with E-state index in [1.165, 1.54) is 13.2 Å². The summed E-state index contributed by atoms with van der Waals surface area (Å²) in [5.41, 5.74) is 2.77. The van der Waals surface area contributed by atoms with Gasteiger partial charge in [0.15, 0.2) is 5.84 Å². The molecule has 1 aromatic carbocycles. The van der Waals surface area contributed by atoms with Crippen molar-refractivity contribution in [2.24, 2.45) is 10.1 Å². The van der Waals surface area contributed by atoms with E-state index in [0.717, 1.165) is 22.1 Å². The van der Waals surface area contributed by atoms with Crippen molar-refractivity contribution in [1.29, 1.82) is 5.41 Å². The van der Waals surface area contributed by atoms with Crippen molar-refractivity contribution in [3.63, 3.8) is 0 Å². The second kappa shape index (κ2) is 7.82. The second-order valence-corrected chi connectivity index (χ2v) is 8.27. The first kappa shape index (κ1) is 22.2. The Labute approximate surface area is 189 Å². The number of fused-ring (bicyclic) bond motifs is 1. The monoisotopic (exact) mass is 481 g/mol. The van der Waals surface area contributed by atoms with Crippen LogP contribution in [0, 0.1) is 19.3 Å². The number of carbonyl (C=O) groups is 1. The van der Waals surface area contributed by atoms with Gasteiger partial charge in [-0.1, -0.05) is 11.6 Å². The highest BCUT2D eigenvalue weighted by atomic mass is 35.5. The van der Waals surface area contributed by atoms with E-state index in [1.54, 1.807) is 18.2 Å². The molecule has 0 unspecified atom stereocenters. The molecule has 0 fully saturated rings. The summed E-state index contributed by atoms with van der Waals surface area (Å²) < 4.78 is 46.0. The molecule has 0 bridgehead atoms. The topological polar surface area (TPSA) is 83.0 Å². The van der Waals surface area contributed by atoms with E-state index in [1.807, 2.05) is 24.5 Å². The molecule has 166 valence electrons. The second-order valence-electron chi connectivity index (χ2n) is 6.90. The fourth-order valence-corrected chi connectivity index (χ4v) is 4.40. The Kier molecular flexibility index (Phi) is 5.41. The van der Waals surface area contributed by atoms with Crippen LogP contribution >= 0.6 is 23.4 Å². The number of aromatic nitrogens is 1. The number of alkyl halides is 3. The van der Waals surface area contributed by atoms with Crippen LogP contribution in [-0.4, -0.2) is 44.8 Å². The first-order valence-electron chi connectivity index (χ1n) is 9.11. The van der Waals surface area contributed by atoms with Crippen molar-refractivity contribution < 1.29 is 22.7 Å². The molecule has 7 nitrogen and oxygen atoms in total. The highest BCUT2D eigenvalue weighted by Gasteiger charge is 2.46. The van der Waals surface area contributed by atoms with Crippen molar-refractivity contribution in [3.8, 4) is 11.4 Å². The number of carbonyl (C=O) groups excluding carboxylic acids is 1. The van der Waals surface area contributed by atoms with Gasteiger partial charge in [-0.2, -0.15) is 28.3 Å². The fourth-order valence-electron chi connectivity index (χ4n) is 3.39. The van der Waals surface area contributed by atoms with E-state index in [-0.39, 0.29) is 22.5 Å². The predicted octanol–water partition coefficient (Wildman–Crippen LogP) is 4.94. The molecule has 12 heteroatoms. The summed E-state index contributed by atoms with van der Waals surface area (Å²) in [6.07, 6.45) is -3.26. The lowest BCUT2D eigenvalue weighted by atomic mass is 10.1. The minimum Gasteiger partial charge on any atom is -0.495 e. The summed E-state index contributed by atoms with van der Waals surface area (Å²) in [6, 6.07) is 7.08. The quantitative estimate of drug-likeness (QED) is 0.630. The Bertz CT molecular complexity index is 1260. The van der Waals surface area contributed by atoms with Crippen molar-refractivity contribution >= 4 is 51.4 Å². The number of hydrazone groups is 1. The zero-order chi connectivity index (χ0) is 23.4. The molecule has 4 rings (SSSR count). The number of aryl methyl sites for hydroxylation is 1. The number of nitrogens with zero attached hydrogens (tertiary/aromatic N) is 4. The molecule has 1 N–H and O–H groups in total. The standard InChI is InChI=1S/C20H15ClF3N5O2S/c1-9-6-11(10(2)28(9)12-4-5-15(31-3)14(21)8-12)7-13-16(25)29-19(26-17(13)30)32-18(27-29)20(22,23)24/h4-8,25H,1-3H3/b13-7-,25-16?. The molecule has 32 heavy (non-hydrogen) atoms. The maximum absolute atomic E-state index is 13.0. The van der Waals surface area contributed by atoms with Crippen molar-refractivity contribution in [2.75, 3.05) is 7.11 Å². The van der Waals surface area contributed by atoms with Gasteiger partial charge in [0.1, 0.15) is 5.75 Å². The summed E-state index contributed by atoms with van der Waals surface area (Å²) in [4.78, 5) is 16.2. The molecule has 2 aromatic rings. The molecule has 0 saturated heterocycles. The number of nitrogens with one attached hydrogen (secondary N) is 1. The number of amidine groups is 2. The molecule has 0 atom stereocenters. The number of halogens is 4. The first-order valence-corrected chi connectivity index (χ1v) is 10.3. The van der Waals surface area contributed by atoms with Gasteiger partial charge in [0.05, 0.1) is 17.7 Å². The van der Waals surface area contributed by atoms with Gasteiger partial charge in [0.2, 0.25) is 10.2 Å². The van der Waals surface area contributed by atoms with Gasteiger partial charge in [0, 0.05) is 17.1 Å². The number of thioether (sulfide) groups is 1. The molecule has 0 aliphatic carbocycles. The van der Waals surface area contributed by atoms with Gasteiger partial charge >= 0.3 is 6.18 Å². The molecular weight excluding hydrogens is 467 g/mol. The molecule has 1 amide bonds. The summed E-state index contributed by atoms with van der Waals surface area (Å²) >= 11 is 6.46. The van der Waals surface area contributed by atoms with Crippen LogP contribution in [0.4, 0.5) is 13.2 Å². The summed E-state index contributed by atoms with van der Waals surface area (Å²) in [7, 11) is 1.52. The number of hydrogen-bond donors (Lipinski definition) is 1. The third kappa shape index (κ3) is 3.71. The van der Waals surface area contributed by atoms with Crippen molar-refractivity contribution in [1.82, 2.24) is 9.58 Å². The Morgan fingerprint density at radius 2 is 1.97 bits per heavy atom. The number of hydrogen-bond acceptors (Lipinski definition) is 5. The molecule has 3 heterocycles. The molecule has 1 aromatic heterocycles. The molecule has 0 spiro atoms. The average Bonchev–Trinajstić information content (AvgIpc) is 3.26. The van der Waals surface area contributed by atoms with Gasteiger partial charge in [0.25, 0.3) is 5.91 Å². The van der Waals surface area contributed by atoms with Gasteiger partial charge < -0.3 is 9.30 Å². The normalized spacial score (nSPS) is 17.6. The summed E-state index contributed by atoms with van der Waals surface area (Å²) in [5, 5.41) is 11.3. The summed E-state index contributed by atoms with van der Waals surface area (Å²) in [6.45, 7) is 3.67. The zero-order valence-corrected chi connectivity index (χ0v) is 18.5. The summed E-state index contributed by atoms with van der Waals surface area (Å²) in [5.74, 6) is -0.744. The Morgan fingerprint density at radius 1 is 1.25 bits per heavy atom. The number of benzene rings is 1. The largest absolute Gasteiger partial charge is 0.495 e. The van der Waals surface area contributed by atoms with Crippen LogP contribution in [0.15, 0.2) is 39.9 Å². The maximum atomic E-state index is 13.0. The minimum atomic E-state index is -4.69. The van der Waals surface area contributed by atoms with Crippen LogP contribution in [0.2, 0.25) is 5.02 Å². The van der Waals surface area contributed by atoms with E-state index in [0.29, 0.717) is 16.3 Å². The van der Waals surface area contributed by atoms with Crippen LogP contribution in [0.25, 0.3) is 11.8 Å². The maximum Gasteiger partial charge on any atom is 0.441 e. The van der Waals surface area contributed by atoms with Crippen LogP contribution in [0.1, 0.15) is 17.0 Å². The lowest BCUT2D eigenvalue weighted by Gasteiger charge is -2.20. The molecular formula is C20H15ClF3N5O2S. The molecule has 2 aliphatic rings. The lowest BCUT2D eigenvalue weighted by molar-refractivity contribution is -0.114. The van der Waals surface area contributed by atoms with Gasteiger partial charge in [-0.3, -0.25) is 10.2 Å². The highest BCUT2D eigenvalue weighted by Crippen LogP contribution is 2.36. The zero-order valence-electron chi connectivity index (χ0n) is 16.9. The van der Waals surface area contributed by atoms with Gasteiger partial charge in [-0.25, -0.2) is 0 Å². The Morgan fingerprint density at radius 3 is 2.59 bits per heavy atom. The Balaban J connectivity index is 1.73. The smallest absolute Gasteiger partial charge is 0.441 e. The molecule has 2 aliphatic heterocycles. The van der Waals surface area contributed by atoms with E-state index < -0.39 is 23.0 Å². The van der Waals surface area contributed by atoms with E-state index in [4.69, 9.17) is 21.7 Å². The van der Waals surface area contributed by atoms with Crippen molar-refractivity contribution in [3.05, 3.63) is 51.8 Å². The lowest BCUT2D eigenvalue weighted by Crippen LogP contribution is -2.35. The minimum absolute atomic E-state index is 0.158. The van der Waals surface area contributed by atoms with Gasteiger partial charge in [-0.05, 0) is 61.5 Å². The first-order chi connectivity index (χ1) is 15.0. The van der Waals surface area contributed by atoms with Crippen LogP contribution < -0.4 is 4.74 Å². The van der Waals surface area contributed by atoms with Crippen LogP contribution in [0.3, 0.4) is 0 Å². The third-order valence-electron chi connectivity index (χ3n) is 4.86.